The third-order valence-electron chi connectivity index (χ3n) is 4.59. The Balaban J connectivity index is 1.81. The maximum atomic E-state index is 12.1. The normalized spacial score (nSPS) is 26.4. The maximum Gasteiger partial charge on any atom is 0.225 e. The van der Waals surface area contributed by atoms with Gasteiger partial charge in [0.1, 0.15) is 0 Å². The number of amides is 2. The summed E-state index contributed by atoms with van der Waals surface area (Å²) in [6, 6.07) is 0. The number of hydrogen-bond acceptors (Lipinski definition) is 3. The summed E-state index contributed by atoms with van der Waals surface area (Å²) in [6.07, 6.45) is 6.21. The zero-order valence-corrected chi connectivity index (χ0v) is 12.4. The van der Waals surface area contributed by atoms with Crippen LogP contribution >= 0.6 is 0 Å². The fourth-order valence-electron chi connectivity index (χ4n) is 3.21. The molecule has 0 aromatic carbocycles. The molecule has 5 nitrogen and oxygen atoms in total. The maximum absolute atomic E-state index is 12.1. The third-order valence-corrected chi connectivity index (χ3v) is 4.59. The summed E-state index contributed by atoms with van der Waals surface area (Å²) in [4.78, 5) is 25.5. The van der Waals surface area contributed by atoms with E-state index in [1.807, 2.05) is 6.92 Å². The molecule has 2 aliphatic rings. The quantitative estimate of drug-likeness (QED) is 0.757. The predicted molar refractivity (Wildman–Crippen MR) is 76.0 cm³/mol. The van der Waals surface area contributed by atoms with Gasteiger partial charge in [-0.05, 0) is 19.8 Å². The van der Waals surface area contributed by atoms with Crippen LogP contribution in [-0.2, 0) is 9.59 Å². The molecule has 1 atom stereocenters. The van der Waals surface area contributed by atoms with Crippen molar-refractivity contribution >= 4 is 11.8 Å². The van der Waals surface area contributed by atoms with E-state index < -0.39 is 5.60 Å². The fraction of sp³-hybridized carbons (Fsp3) is 0.867. The van der Waals surface area contributed by atoms with Crippen LogP contribution < -0.4 is 5.32 Å². The van der Waals surface area contributed by atoms with Gasteiger partial charge in [-0.15, -0.1) is 0 Å². The molecule has 1 saturated carbocycles. The van der Waals surface area contributed by atoms with Gasteiger partial charge in [-0.1, -0.05) is 25.7 Å². The summed E-state index contributed by atoms with van der Waals surface area (Å²) < 4.78 is 0. The Morgan fingerprint density at radius 3 is 2.55 bits per heavy atom. The lowest BCUT2D eigenvalue weighted by Crippen LogP contribution is -2.44. The molecule has 0 spiro atoms. The molecule has 0 aromatic rings. The summed E-state index contributed by atoms with van der Waals surface area (Å²) in [6.45, 7) is 3.42. The first-order chi connectivity index (χ1) is 9.54. The van der Waals surface area contributed by atoms with Crippen molar-refractivity contribution in [2.75, 3.05) is 19.6 Å². The molecule has 0 bridgehead atoms. The first-order valence-electron chi connectivity index (χ1n) is 7.82. The number of likely N-dealkylation sites (tertiary alicyclic amines) is 1. The van der Waals surface area contributed by atoms with Crippen molar-refractivity contribution in [3.8, 4) is 0 Å². The average molecular weight is 282 g/mol. The summed E-state index contributed by atoms with van der Waals surface area (Å²) in [5, 5.41) is 13.4. The third kappa shape index (κ3) is 3.72. The topological polar surface area (TPSA) is 69.6 Å². The van der Waals surface area contributed by atoms with E-state index in [4.69, 9.17) is 0 Å². The second-order valence-corrected chi connectivity index (χ2v) is 6.19. The molecule has 20 heavy (non-hydrogen) atoms. The molecule has 0 radical (unpaired) electrons. The van der Waals surface area contributed by atoms with Gasteiger partial charge in [-0.2, -0.15) is 0 Å². The van der Waals surface area contributed by atoms with Gasteiger partial charge >= 0.3 is 0 Å². The minimum absolute atomic E-state index is 0.0563. The summed E-state index contributed by atoms with van der Waals surface area (Å²) in [5.41, 5.74) is -0.751. The first kappa shape index (κ1) is 15.3. The number of aliphatic hydroxyl groups is 1. The second kappa shape index (κ2) is 6.57. The minimum atomic E-state index is -0.751. The van der Waals surface area contributed by atoms with E-state index in [1.165, 1.54) is 12.8 Å². The molecule has 1 aliphatic carbocycles. The molecule has 5 heteroatoms. The Morgan fingerprint density at radius 1 is 1.35 bits per heavy atom. The highest BCUT2D eigenvalue weighted by Crippen LogP contribution is 2.26. The van der Waals surface area contributed by atoms with Crippen LogP contribution in [0.2, 0.25) is 0 Å². The van der Waals surface area contributed by atoms with Gasteiger partial charge in [-0.25, -0.2) is 0 Å². The van der Waals surface area contributed by atoms with E-state index in [9.17, 15) is 14.7 Å². The number of rotatable bonds is 4. The Kier molecular flexibility index (Phi) is 5.02. The van der Waals surface area contributed by atoms with Crippen molar-refractivity contribution < 1.29 is 14.7 Å². The Labute approximate surface area is 120 Å². The Morgan fingerprint density at radius 2 is 2.00 bits per heavy atom. The molecule has 2 fully saturated rings. The molecule has 1 aliphatic heterocycles. The van der Waals surface area contributed by atoms with E-state index in [0.29, 0.717) is 26.1 Å². The van der Waals surface area contributed by atoms with Gasteiger partial charge in [-0.3, -0.25) is 9.59 Å². The minimum Gasteiger partial charge on any atom is -0.388 e. The molecular formula is C15H26N2O3. The number of hydrogen-bond donors (Lipinski definition) is 2. The van der Waals surface area contributed by atoms with Crippen LogP contribution in [0.1, 0.15) is 51.9 Å². The SMILES string of the molecule is CCN1CC(C(=O)NCC2(O)CCCCCC2)CC1=O. The smallest absolute Gasteiger partial charge is 0.225 e. The molecule has 2 rings (SSSR count). The summed E-state index contributed by atoms with van der Waals surface area (Å²) in [7, 11) is 0. The van der Waals surface area contributed by atoms with E-state index in [2.05, 4.69) is 5.32 Å². The summed E-state index contributed by atoms with van der Waals surface area (Å²) in [5.74, 6) is -0.287. The van der Waals surface area contributed by atoms with Crippen molar-refractivity contribution in [2.45, 2.75) is 57.5 Å². The monoisotopic (exact) mass is 282 g/mol. The largest absolute Gasteiger partial charge is 0.388 e. The van der Waals surface area contributed by atoms with Gasteiger partial charge in [0.15, 0.2) is 0 Å². The van der Waals surface area contributed by atoms with Gasteiger partial charge in [0.2, 0.25) is 11.8 Å². The fourth-order valence-corrected chi connectivity index (χ4v) is 3.21. The molecule has 1 saturated heterocycles. The van der Waals surface area contributed by atoms with Crippen LogP contribution in [0, 0.1) is 5.92 Å². The highest BCUT2D eigenvalue weighted by molar-refractivity contribution is 5.89. The standard InChI is InChI=1S/C15H26N2O3/c1-2-17-10-12(9-13(17)18)14(19)16-11-15(20)7-5-3-4-6-8-15/h12,20H,2-11H2,1H3,(H,16,19). The zero-order chi connectivity index (χ0) is 14.6. The number of nitrogens with one attached hydrogen (secondary N) is 1. The van der Waals surface area contributed by atoms with Crippen LogP contribution in [0.5, 0.6) is 0 Å². The van der Waals surface area contributed by atoms with Crippen molar-refractivity contribution in [3.63, 3.8) is 0 Å². The van der Waals surface area contributed by atoms with Gasteiger partial charge in [0, 0.05) is 26.1 Å². The van der Waals surface area contributed by atoms with E-state index in [-0.39, 0.29) is 17.7 Å². The predicted octanol–water partition coefficient (Wildman–Crippen LogP) is 1.06. The van der Waals surface area contributed by atoms with Crippen LogP contribution in [0.3, 0.4) is 0 Å². The number of carbonyl (C=O) groups is 2. The Bertz CT molecular complexity index is 362. The van der Waals surface area contributed by atoms with Crippen LogP contribution in [0.4, 0.5) is 0 Å². The van der Waals surface area contributed by atoms with E-state index in [0.717, 1.165) is 25.7 Å². The number of nitrogens with zero attached hydrogens (tertiary/aromatic N) is 1. The van der Waals surface area contributed by atoms with Crippen LogP contribution in [0.25, 0.3) is 0 Å². The lowest BCUT2D eigenvalue weighted by molar-refractivity contribution is -0.129. The van der Waals surface area contributed by atoms with E-state index >= 15 is 0 Å². The number of carbonyl (C=O) groups excluding carboxylic acids is 2. The Hall–Kier alpha value is -1.10. The lowest BCUT2D eigenvalue weighted by atomic mass is 9.94. The second-order valence-electron chi connectivity index (χ2n) is 6.19. The van der Waals surface area contributed by atoms with Crippen molar-refractivity contribution in [2.24, 2.45) is 5.92 Å². The van der Waals surface area contributed by atoms with Crippen molar-refractivity contribution in [3.05, 3.63) is 0 Å². The first-order valence-corrected chi connectivity index (χ1v) is 7.82. The van der Waals surface area contributed by atoms with Crippen molar-refractivity contribution in [1.29, 1.82) is 0 Å². The van der Waals surface area contributed by atoms with E-state index in [1.54, 1.807) is 4.90 Å². The van der Waals surface area contributed by atoms with Crippen molar-refractivity contribution in [1.82, 2.24) is 10.2 Å². The van der Waals surface area contributed by atoms with Gasteiger partial charge in [0.25, 0.3) is 0 Å². The van der Waals surface area contributed by atoms with Crippen LogP contribution in [-0.4, -0.2) is 47.1 Å². The molecular weight excluding hydrogens is 256 g/mol. The molecule has 2 amide bonds. The highest BCUT2D eigenvalue weighted by atomic mass is 16.3. The van der Waals surface area contributed by atoms with Gasteiger partial charge in [0.05, 0.1) is 11.5 Å². The molecule has 1 unspecified atom stereocenters. The molecule has 2 N–H and O–H groups in total. The molecule has 114 valence electrons. The lowest BCUT2D eigenvalue weighted by Gasteiger charge is -2.27. The molecule has 0 aromatic heterocycles. The highest BCUT2D eigenvalue weighted by Gasteiger charge is 2.35. The average Bonchev–Trinajstić information content (AvgIpc) is 2.67. The molecule has 1 heterocycles. The van der Waals surface area contributed by atoms with Gasteiger partial charge < -0.3 is 15.3 Å². The van der Waals surface area contributed by atoms with Crippen LogP contribution in [0.15, 0.2) is 0 Å². The summed E-state index contributed by atoms with van der Waals surface area (Å²) >= 11 is 0. The zero-order valence-electron chi connectivity index (χ0n) is 12.4.